The van der Waals surface area contributed by atoms with Crippen LogP contribution in [0.3, 0.4) is 0 Å². The van der Waals surface area contributed by atoms with Gasteiger partial charge in [-0.05, 0) is 39.9 Å². The number of rotatable bonds is 7. The maximum absolute atomic E-state index is 3.53. The Balaban J connectivity index is 2.15. The monoisotopic (exact) mass is 244 g/mol. The van der Waals surface area contributed by atoms with Gasteiger partial charge in [0, 0.05) is 24.1 Å². The van der Waals surface area contributed by atoms with Gasteiger partial charge in [0.2, 0.25) is 0 Å². The molecule has 0 aromatic carbocycles. The molecule has 0 aromatic heterocycles. The van der Waals surface area contributed by atoms with Crippen molar-refractivity contribution in [2.24, 2.45) is 5.92 Å². The van der Waals surface area contributed by atoms with Gasteiger partial charge in [-0.1, -0.05) is 19.3 Å². The van der Waals surface area contributed by atoms with Gasteiger partial charge >= 0.3 is 0 Å². The van der Waals surface area contributed by atoms with Gasteiger partial charge in [0.1, 0.15) is 0 Å². The summed E-state index contributed by atoms with van der Waals surface area (Å²) in [5.41, 5.74) is 0. The van der Waals surface area contributed by atoms with E-state index in [0.29, 0.717) is 0 Å². The first-order valence-corrected chi connectivity index (χ1v) is 7.79. The Morgan fingerprint density at radius 3 is 2.50 bits per heavy atom. The second kappa shape index (κ2) is 8.37. The fourth-order valence-corrected chi connectivity index (χ4v) is 3.80. The van der Waals surface area contributed by atoms with Gasteiger partial charge in [-0.15, -0.1) is 0 Å². The molecule has 0 radical (unpaired) electrons. The third-order valence-electron chi connectivity index (χ3n) is 3.57. The standard InChI is InChI=1S/C13H28N2S/c1-14-13(11-16-10-9-15(2)3)12-7-5-4-6-8-12/h12-14H,4-11H2,1-3H3. The van der Waals surface area contributed by atoms with Crippen molar-refractivity contribution in [2.75, 3.05) is 39.2 Å². The molecule has 0 bridgehead atoms. The van der Waals surface area contributed by atoms with Crippen molar-refractivity contribution in [2.45, 2.75) is 38.1 Å². The predicted octanol–water partition coefficient (Wildman–Crippen LogP) is 2.45. The Bertz CT molecular complexity index is 167. The summed E-state index contributed by atoms with van der Waals surface area (Å²) in [4.78, 5) is 2.27. The van der Waals surface area contributed by atoms with E-state index in [0.717, 1.165) is 12.0 Å². The lowest BCUT2D eigenvalue weighted by Crippen LogP contribution is -2.37. The minimum Gasteiger partial charge on any atom is -0.316 e. The van der Waals surface area contributed by atoms with Crippen molar-refractivity contribution >= 4 is 11.8 Å². The molecule has 1 atom stereocenters. The van der Waals surface area contributed by atoms with E-state index in [1.165, 1.54) is 50.2 Å². The van der Waals surface area contributed by atoms with Crippen LogP contribution in [-0.4, -0.2) is 50.1 Å². The van der Waals surface area contributed by atoms with Gasteiger partial charge < -0.3 is 10.2 Å². The van der Waals surface area contributed by atoms with E-state index in [1.807, 2.05) is 0 Å². The normalized spacial score (nSPS) is 20.2. The van der Waals surface area contributed by atoms with Crippen LogP contribution in [0.5, 0.6) is 0 Å². The van der Waals surface area contributed by atoms with Crippen LogP contribution < -0.4 is 5.32 Å². The molecule has 1 saturated carbocycles. The lowest BCUT2D eigenvalue weighted by atomic mass is 9.84. The highest BCUT2D eigenvalue weighted by molar-refractivity contribution is 7.99. The molecule has 0 heterocycles. The largest absolute Gasteiger partial charge is 0.316 e. The summed E-state index contributed by atoms with van der Waals surface area (Å²) in [6.07, 6.45) is 7.25. The van der Waals surface area contributed by atoms with Gasteiger partial charge in [0.05, 0.1) is 0 Å². The van der Waals surface area contributed by atoms with E-state index in [4.69, 9.17) is 0 Å². The zero-order valence-corrected chi connectivity index (χ0v) is 12.0. The number of hydrogen-bond donors (Lipinski definition) is 1. The summed E-state index contributed by atoms with van der Waals surface area (Å²) >= 11 is 2.10. The van der Waals surface area contributed by atoms with E-state index < -0.39 is 0 Å². The van der Waals surface area contributed by atoms with Gasteiger partial charge in [-0.25, -0.2) is 0 Å². The average Bonchev–Trinajstić information content (AvgIpc) is 2.30. The van der Waals surface area contributed by atoms with Crippen LogP contribution in [0.15, 0.2) is 0 Å². The zero-order chi connectivity index (χ0) is 11.8. The Morgan fingerprint density at radius 2 is 1.94 bits per heavy atom. The molecule has 96 valence electrons. The number of hydrogen-bond acceptors (Lipinski definition) is 3. The van der Waals surface area contributed by atoms with Crippen molar-refractivity contribution < 1.29 is 0 Å². The summed E-state index contributed by atoms with van der Waals surface area (Å²) < 4.78 is 0. The lowest BCUT2D eigenvalue weighted by molar-refractivity contribution is 0.294. The molecular formula is C13H28N2S. The molecule has 1 rings (SSSR count). The summed E-state index contributed by atoms with van der Waals surface area (Å²) in [5, 5.41) is 3.53. The van der Waals surface area contributed by atoms with Crippen molar-refractivity contribution in [1.82, 2.24) is 10.2 Å². The summed E-state index contributed by atoms with van der Waals surface area (Å²) in [6, 6.07) is 0.743. The maximum atomic E-state index is 3.53. The van der Waals surface area contributed by atoms with Crippen LogP contribution in [-0.2, 0) is 0 Å². The minimum atomic E-state index is 0.743. The van der Waals surface area contributed by atoms with Crippen molar-refractivity contribution in [3.63, 3.8) is 0 Å². The van der Waals surface area contributed by atoms with E-state index in [9.17, 15) is 0 Å². The van der Waals surface area contributed by atoms with E-state index in [2.05, 4.69) is 43.1 Å². The molecule has 0 spiro atoms. The minimum absolute atomic E-state index is 0.743. The van der Waals surface area contributed by atoms with E-state index >= 15 is 0 Å². The summed E-state index contributed by atoms with van der Waals surface area (Å²) in [6.45, 7) is 1.20. The fraction of sp³-hybridized carbons (Fsp3) is 1.00. The highest BCUT2D eigenvalue weighted by atomic mass is 32.2. The number of nitrogens with one attached hydrogen (secondary N) is 1. The Morgan fingerprint density at radius 1 is 1.25 bits per heavy atom. The van der Waals surface area contributed by atoms with Crippen molar-refractivity contribution in [3.05, 3.63) is 0 Å². The summed E-state index contributed by atoms with van der Waals surface area (Å²) in [5.74, 6) is 3.48. The number of thioether (sulfide) groups is 1. The molecule has 0 saturated heterocycles. The first kappa shape index (κ1) is 14.3. The molecule has 1 aliphatic carbocycles. The van der Waals surface area contributed by atoms with Gasteiger partial charge in [0.25, 0.3) is 0 Å². The molecule has 1 unspecified atom stereocenters. The van der Waals surface area contributed by atoms with E-state index in [1.54, 1.807) is 0 Å². The van der Waals surface area contributed by atoms with Crippen LogP contribution >= 0.6 is 11.8 Å². The van der Waals surface area contributed by atoms with Crippen LogP contribution in [0.25, 0.3) is 0 Å². The zero-order valence-electron chi connectivity index (χ0n) is 11.2. The molecule has 2 nitrogen and oxygen atoms in total. The molecule has 3 heteroatoms. The SMILES string of the molecule is CNC(CSCCN(C)C)C1CCCCC1. The van der Waals surface area contributed by atoms with Gasteiger partial charge in [-0.3, -0.25) is 0 Å². The third-order valence-corrected chi connectivity index (χ3v) is 4.64. The third kappa shape index (κ3) is 5.55. The first-order valence-electron chi connectivity index (χ1n) is 6.63. The van der Waals surface area contributed by atoms with E-state index in [-0.39, 0.29) is 0 Å². The number of nitrogens with zero attached hydrogens (tertiary/aromatic N) is 1. The van der Waals surface area contributed by atoms with Crippen LogP contribution in [0, 0.1) is 5.92 Å². The molecule has 0 amide bonds. The fourth-order valence-electron chi connectivity index (χ4n) is 2.45. The first-order chi connectivity index (χ1) is 7.74. The van der Waals surface area contributed by atoms with Crippen molar-refractivity contribution in [3.8, 4) is 0 Å². The van der Waals surface area contributed by atoms with Gasteiger partial charge in [-0.2, -0.15) is 11.8 Å². The predicted molar refractivity (Wildman–Crippen MR) is 75.3 cm³/mol. The molecule has 1 N–H and O–H groups in total. The average molecular weight is 244 g/mol. The highest BCUT2D eigenvalue weighted by Crippen LogP contribution is 2.27. The van der Waals surface area contributed by atoms with Crippen LogP contribution in [0.2, 0.25) is 0 Å². The Kier molecular flexibility index (Phi) is 7.50. The lowest BCUT2D eigenvalue weighted by Gasteiger charge is -2.30. The molecule has 1 aliphatic rings. The Hall–Kier alpha value is 0.270. The second-order valence-electron chi connectivity index (χ2n) is 5.17. The molecule has 1 fully saturated rings. The maximum Gasteiger partial charge on any atom is 0.0183 e. The molecule has 0 aromatic rings. The molecule has 0 aliphatic heterocycles. The van der Waals surface area contributed by atoms with Crippen molar-refractivity contribution in [1.29, 1.82) is 0 Å². The van der Waals surface area contributed by atoms with Crippen LogP contribution in [0.4, 0.5) is 0 Å². The smallest absolute Gasteiger partial charge is 0.0183 e. The highest BCUT2D eigenvalue weighted by Gasteiger charge is 2.21. The van der Waals surface area contributed by atoms with Gasteiger partial charge in [0.15, 0.2) is 0 Å². The van der Waals surface area contributed by atoms with Crippen LogP contribution in [0.1, 0.15) is 32.1 Å². The molecule has 16 heavy (non-hydrogen) atoms. The topological polar surface area (TPSA) is 15.3 Å². The Labute approximate surface area is 106 Å². The quantitative estimate of drug-likeness (QED) is 0.693. The summed E-state index contributed by atoms with van der Waals surface area (Å²) in [7, 11) is 6.43. The molecular weight excluding hydrogens is 216 g/mol. The second-order valence-corrected chi connectivity index (χ2v) is 6.32.